The van der Waals surface area contributed by atoms with E-state index in [2.05, 4.69) is 32.9 Å². The summed E-state index contributed by atoms with van der Waals surface area (Å²) >= 11 is 0. The minimum Gasteiger partial charge on any atom is -0.462 e. The molecule has 0 saturated heterocycles. The topological polar surface area (TPSA) is 78.9 Å². The van der Waals surface area contributed by atoms with Crippen LogP contribution in [-0.4, -0.2) is 37.2 Å². The number of hydrogen-bond donors (Lipinski definition) is 0. The molecule has 0 heterocycles. The highest BCUT2D eigenvalue weighted by molar-refractivity contribution is 5.71. The molecule has 0 N–H and O–H groups in total. The first-order valence-electron chi connectivity index (χ1n) is 27.2. The number of ether oxygens (including phenoxy) is 3. The summed E-state index contributed by atoms with van der Waals surface area (Å²) in [6.45, 7) is 6.65. The molecule has 360 valence electrons. The van der Waals surface area contributed by atoms with Crippen molar-refractivity contribution in [3.8, 4) is 0 Å². The maximum atomic E-state index is 12.8. The Kier molecular flexibility index (Phi) is 49.3. The van der Waals surface area contributed by atoms with Gasteiger partial charge in [0.25, 0.3) is 0 Å². The molecule has 6 nitrogen and oxygen atoms in total. The Bertz CT molecular complexity index is 947. The first-order valence-corrected chi connectivity index (χ1v) is 27.2. The van der Waals surface area contributed by atoms with Crippen LogP contribution in [-0.2, 0) is 28.6 Å². The van der Waals surface area contributed by atoms with E-state index in [1.54, 1.807) is 0 Å². The third-order valence-corrected chi connectivity index (χ3v) is 12.3. The number of carbonyl (C=O) groups is 3. The largest absolute Gasteiger partial charge is 0.462 e. The van der Waals surface area contributed by atoms with Crippen LogP contribution in [0.2, 0.25) is 0 Å². The van der Waals surface area contributed by atoms with E-state index in [9.17, 15) is 14.4 Å². The lowest BCUT2D eigenvalue weighted by Gasteiger charge is -2.18. The van der Waals surface area contributed by atoms with E-state index >= 15 is 0 Å². The molecule has 0 spiro atoms. The first-order chi connectivity index (χ1) is 30.0. The predicted octanol–water partition coefficient (Wildman–Crippen LogP) is 17.8. The minimum atomic E-state index is -0.771. The molecule has 0 aromatic carbocycles. The molecule has 0 aliphatic heterocycles. The molecule has 0 amide bonds. The maximum absolute atomic E-state index is 12.8. The van der Waals surface area contributed by atoms with E-state index in [1.807, 2.05) is 0 Å². The van der Waals surface area contributed by atoms with Crippen molar-refractivity contribution >= 4 is 17.9 Å². The fraction of sp³-hybridized carbons (Fsp3) is 0.909. The molecule has 61 heavy (non-hydrogen) atoms. The summed E-state index contributed by atoms with van der Waals surface area (Å²) in [6.07, 6.45) is 56.3. The highest BCUT2D eigenvalue weighted by atomic mass is 16.6. The van der Waals surface area contributed by atoms with E-state index in [-0.39, 0.29) is 31.1 Å². The van der Waals surface area contributed by atoms with Gasteiger partial charge in [0.05, 0.1) is 0 Å². The van der Waals surface area contributed by atoms with Gasteiger partial charge in [-0.05, 0) is 44.9 Å². The third-order valence-electron chi connectivity index (χ3n) is 12.3. The van der Waals surface area contributed by atoms with Gasteiger partial charge in [0, 0.05) is 19.3 Å². The van der Waals surface area contributed by atoms with Crippen molar-refractivity contribution in [2.45, 2.75) is 309 Å². The van der Waals surface area contributed by atoms with Gasteiger partial charge in [-0.25, -0.2) is 0 Å². The Hall–Kier alpha value is -1.85. The molecule has 0 bridgehead atoms. The van der Waals surface area contributed by atoms with E-state index in [4.69, 9.17) is 14.2 Å². The highest BCUT2D eigenvalue weighted by Crippen LogP contribution is 2.17. The average molecular weight is 861 g/mol. The van der Waals surface area contributed by atoms with E-state index in [1.165, 1.54) is 193 Å². The molecule has 6 heteroatoms. The molecule has 0 radical (unpaired) electrons. The summed E-state index contributed by atoms with van der Waals surface area (Å²) in [4.78, 5) is 37.9. The number of esters is 3. The highest BCUT2D eigenvalue weighted by Gasteiger charge is 2.19. The van der Waals surface area contributed by atoms with Gasteiger partial charge in [-0.3, -0.25) is 14.4 Å². The number of allylic oxidation sites excluding steroid dienone is 2. The lowest BCUT2D eigenvalue weighted by Crippen LogP contribution is -2.30. The van der Waals surface area contributed by atoms with Gasteiger partial charge in [0.1, 0.15) is 13.2 Å². The Morgan fingerprint density at radius 1 is 0.311 bits per heavy atom. The zero-order valence-corrected chi connectivity index (χ0v) is 41.2. The first kappa shape index (κ1) is 59.1. The van der Waals surface area contributed by atoms with Crippen LogP contribution in [0.25, 0.3) is 0 Å². The average Bonchev–Trinajstić information content (AvgIpc) is 3.26. The van der Waals surface area contributed by atoms with Crippen molar-refractivity contribution in [1.82, 2.24) is 0 Å². The standard InChI is InChI=1S/C55H104O6/c1-4-7-10-13-16-19-22-24-26-27-28-29-30-32-33-36-39-42-45-48-54(57)60-51-52(50-59-53(56)47-44-41-38-35-21-18-15-12-9-6-3)61-55(58)49-46-43-40-37-34-31-25-23-20-17-14-11-8-5-2/h31,34,52H,4-30,32-33,35-51H2,1-3H3/b34-31-. The molecule has 0 fully saturated rings. The van der Waals surface area contributed by atoms with Crippen molar-refractivity contribution in [3.05, 3.63) is 12.2 Å². The lowest BCUT2D eigenvalue weighted by molar-refractivity contribution is -0.167. The second-order valence-electron chi connectivity index (χ2n) is 18.5. The second kappa shape index (κ2) is 50.8. The van der Waals surface area contributed by atoms with Crippen molar-refractivity contribution in [3.63, 3.8) is 0 Å². The van der Waals surface area contributed by atoms with Gasteiger partial charge in [0.15, 0.2) is 6.10 Å². The Morgan fingerprint density at radius 2 is 0.541 bits per heavy atom. The Balaban J connectivity index is 4.26. The van der Waals surface area contributed by atoms with Gasteiger partial charge in [0.2, 0.25) is 0 Å². The van der Waals surface area contributed by atoms with E-state index < -0.39 is 6.10 Å². The molecule has 1 unspecified atom stereocenters. The lowest BCUT2D eigenvalue weighted by atomic mass is 10.0. The van der Waals surface area contributed by atoms with Crippen LogP contribution in [0.4, 0.5) is 0 Å². The Labute approximate surface area is 380 Å². The van der Waals surface area contributed by atoms with Crippen LogP contribution in [0.5, 0.6) is 0 Å². The van der Waals surface area contributed by atoms with Crippen LogP contribution >= 0.6 is 0 Å². The van der Waals surface area contributed by atoms with Crippen LogP contribution in [0.15, 0.2) is 12.2 Å². The molecule has 0 rings (SSSR count). The van der Waals surface area contributed by atoms with Crippen molar-refractivity contribution in [2.24, 2.45) is 0 Å². The van der Waals surface area contributed by atoms with Crippen molar-refractivity contribution in [1.29, 1.82) is 0 Å². The summed E-state index contributed by atoms with van der Waals surface area (Å²) in [7, 11) is 0. The Morgan fingerprint density at radius 3 is 0.836 bits per heavy atom. The molecule has 0 aliphatic rings. The fourth-order valence-electron chi connectivity index (χ4n) is 8.14. The second-order valence-corrected chi connectivity index (χ2v) is 18.5. The molecule has 1 atom stereocenters. The summed E-state index contributed by atoms with van der Waals surface area (Å²) in [5.74, 6) is -0.870. The fourth-order valence-corrected chi connectivity index (χ4v) is 8.14. The van der Waals surface area contributed by atoms with Crippen LogP contribution in [0, 0.1) is 0 Å². The van der Waals surface area contributed by atoms with E-state index in [0.717, 1.165) is 70.6 Å². The number of unbranched alkanes of at least 4 members (excludes halogenated alkanes) is 37. The van der Waals surface area contributed by atoms with Crippen LogP contribution in [0.3, 0.4) is 0 Å². The maximum Gasteiger partial charge on any atom is 0.306 e. The molecule has 0 aromatic heterocycles. The smallest absolute Gasteiger partial charge is 0.306 e. The number of carbonyl (C=O) groups excluding carboxylic acids is 3. The zero-order chi connectivity index (χ0) is 44.4. The van der Waals surface area contributed by atoms with Gasteiger partial charge < -0.3 is 14.2 Å². The van der Waals surface area contributed by atoms with Crippen LogP contribution in [0.1, 0.15) is 303 Å². The molecular formula is C55H104O6. The van der Waals surface area contributed by atoms with Gasteiger partial charge in [-0.15, -0.1) is 0 Å². The summed E-state index contributed by atoms with van der Waals surface area (Å²) in [6, 6.07) is 0. The quantitative estimate of drug-likeness (QED) is 0.0262. The van der Waals surface area contributed by atoms with Gasteiger partial charge >= 0.3 is 17.9 Å². The molecule has 0 aromatic rings. The summed E-state index contributed by atoms with van der Waals surface area (Å²) < 4.78 is 16.8. The molecular weight excluding hydrogens is 757 g/mol. The zero-order valence-electron chi connectivity index (χ0n) is 41.2. The van der Waals surface area contributed by atoms with Crippen molar-refractivity contribution < 1.29 is 28.6 Å². The minimum absolute atomic E-state index is 0.0707. The summed E-state index contributed by atoms with van der Waals surface area (Å²) in [5, 5.41) is 0. The normalized spacial score (nSPS) is 12.0. The molecule has 0 aliphatic carbocycles. The van der Waals surface area contributed by atoms with Crippen molar-refractivity contribution in [2.75, 3.05) is 13.2 Å². The third kappa shape index (κ3) is 49.0. The summed E-state index contributed by atoms with van der Waals surface area (Å²) in [5.41, 5.74) is 0. The monoisotopic (exact) mass is 861 g/mol. The van der Waals surface area contributed by atoms with Crippen LogP contribution < -0.4 is 0 Å². The SMILES string of the molecule is CCCCCCCCC/C=C\CCCCCC(=O)OC(COC(=O)CCCCCCCCCCCC)COC(=O)CCCCCCCCCCCCCCCCCCCCC. The molecule has 0 saturated carbocycles. The number of rotatable bonds is 50. The van der Waals surface area contributed by atoms with Gasteiger partial charge in [-0.2, -0.15) is 0 Å². The number of hydrogen-bond acceptors (Lipinski definition) is 6. The van der Waals surface area contributed by atoms with E-state index in [0.29, 0.717) is 19.3 Å². The van der Waals surface area contributed by atoms with Gasteiger partial charge in [-0.1, -0.05) is 251 Å². The predicted molar refractivity (Wildman–Crippen MR) is 261 cm³/mol.